The van der Waals surface area contributed by atoms with Crippen molar-refractivity contribution in [3.63, 3.8) is 0 Å². The summed E-state index contributed by atoms with van der Waals surface area (Å²) in [6.45, 7) is 2.89. The Morgan fingerprint density at radius 1 is 0.753 bits per heavy atom. The number of ether oxygens (including phenoxy) is 2. The SMILES string of the molecule is COC1(C2CCCCC2)CCN(c2ccc(-c3nnc(-c4ccc(C(=O)NC5C[C@@H](O)CNC(=O)[C@@H]6[C@@H](O)[C@@H](C)CN6C(=O)[C@H]([C@H](O)CCN)NC(=O)[C@H]([C@H](O)Cc6ccc(O)c(OCCN)c6)NC(=O)[C@@H]6C[C@@H](O)CN6C(=O)[C@H]([C@@H](C)O)NC5=O)cc4)s3)cc2)CC1. The van der Waals surface area contributed by atoms with Gasteiger partial charge in [-0.25, -0.2) is 0 Å². The zero-order chi connectivity index (χ0) is 66.8. The Labute approximate surface area is 542 Å². The lowest BCUT2D eigenvalue weighted by Gasteiger charge is -2.47. The molecule has 1 aromatic heterocycles. The van der Waals surface area contributed by atoms with Crippen molar-refractivity contribution < 1.29 is 78.8 Å². The van der Waals surface area contributed by atoms with Crippen LogP contribution in [0.25, 0.3) is 21.1 Å². The second-order valence-corrected chi connectivity index (χ2v) is 26.1. The summed E-state index contributed by atoms with van der Waals surface area (Å²) in [6.07, 6.45) is -3.62. The van der Waals surface area contributed by atoms with Crippen molar-refractivity contribution in [1.29, 1.82) is 0 Å². The lowest BCUT2D eigenvalue weighted by atomic mass is 9.72. The topological polar surface area (TPSA) is 427 Å². The highest BCUT2D eigenvalue weighted by Crippen LogP contribution is 2.43. The van der Waals surface area contributed by atoms with Crippen LogP contribution < -0.4 is 47.7 Å². The summed E-state index contributed by atoms with van der Waals surface area (Å²) >= 11 is 1.35. The number of aliphatic hydroxyl groups is 6. The first-order chi connectivity index (χ1) is 44.5. The van der Waals surface area contributed by atoms with E-state index in [9.17, 15) is 69.3 Å². The Balaban J connectivity index is 0.952. The summed E-state index contributed by atoms with van der Waals surface area (Å²) in [6, 6.07) is 7.51. The van der Waals surface area contributed by atoms with E-state index in [-0.39, 0.29) is 60.9 Å². The minimum atomic E-state index is -2.04. The molecule has 1 saturated carbocycles. The molecule has 4 saturated heterocycles. The fourth-order valence-electron chi connectivity index (χ4n) is 13.4. The number of aromatic nitrogens is 2. The number of aliphatic hydroxyl groups excluding tert-OH is 6. The van der Waals surface area contributed by atoms with Crippen LogP contribution in [0.5, 0.6) is 11.5 Å². The normalized spacial score (nSPS) is 27.4. The van der Waals surface area contributed by atoms with Gasteiger partial charge in [-0.1, -0.05) is 55.7 Å². The number of fused-ring (bicyclic) bond motifs is 2. The molecule has 7 amide bonds. The van der Waals surface area contributed by atoms with Crippen LogP contribution in [0.3, 0.4) is 0 Å². The number of carbonyl (C=O) groups is 7. The third kappa shape index (κ3) is 16.4. The molecule has 5 aliphatic rings. The van der Waals surface area contributed by atoms with Gasteiger partial charge in [-0.3, -0.25) is 33.6 Å². The molecule has 13 atom stereocenters. The number of phenols is 1. The van der Waals surface area contributed by atoms with Crippen molar-refractivity contribution in [2.24, 2.45) is 23.3 Å². The van der Waals surface area contributed by atoms with E-state index < -0.39 is 152 Å². The first-order valence-corrected chi connectivity index (χ1v) is 32.7. The number of anilines is 1. The molecule has 4 aromatic rings. The van der Waals surface area contributed by atoms with E-state index in [1.54, 1.807) is 12.1 Å². The lowest BCUT2D eigenvalue weighted by Crippen LogP contribution is -2.64. The van der Waals surface area contributed by atoms with Crippen LogP contribution in [0.4, 0.5) is 5.69 Å². The van der Waals surface area contributed by atoms with Gasteiger partial charge in [0.15, 0.2) is 11.5 Å². The maximum absolute atomic E-state index is 14.7. The van der Waals surface area contributed by atoms with E-state index in [0.29, 0.717) is 21.5 Å². The summed E-state index contributed by atoms with van der Waals surface area (Å²) in [7, 11) is 1.86. The molecule has 4 aliphatic heterocycles. The zero-order valence-electron chi connectivity index (χ0n) is 52.5. The van der Waals surface area contributed by atoms with Gasteiger partial charge in [0, 0.05) is 93.9 Å². The fourth-order valence-corrected chi connectivity index (χ4v) is 14.3. The maximum Gasteiger partial charge on any atom is 0.251 e. The van der Waals surface area contributed by atoms with Crippen molar-refractivity contribution in [1.82, 2.24) is 46.6 Å². The van der Waals surface area contributed by atoms with Gasteiger partial charge in [-0.15, -0.1) is 10.2 Å². The van der Waals surface area contributed by atoms with E-state index >= 15 is 0 Å². The molecule has 0 spiro atoms. The predicted octanol–water partition coefficient (Wildman–Crippen LogP) is -1.22. The summed E-state index contributed by atoms with van der Waals surface area (Å²) in [5, 5.41) is 102. The highest BCUT2D eigenvalue weighted by molar-refractivity contribution is 7.17. The van der Waals surface area contributed by atoms with Crippen molar-refractivity contribution >= 4 is 58.4 Å². The number of rotatable bonds is 17. The number of benzene rings is 3. The van der Waals surface area contributed by atoms with E-state index in [0.717, 1.165) is 53.9 Å². The van der Waals surface area contributed by atoms with Gasteiger partial charge >= 0.3 is 0 Å². The second kappa shape index (κ2) is 31.2. The molecule has 28 nitrogen and oxygen atoms in total. The molecular weight excluding hydrogens is 1220 g/mol. The number of nitrogens with one attached hydrogen (secondary N) is 5. The molecular formula is C64H88N12O16S. The quantitative estimate of drug-likeness (QED) is 0.0589. The molecule has 1 unspecified atom stereocenters. The highest BCUT2D eigenvalue weighted by Gasteiger charge is 2.50. The van der Waals surface area contributed by atoms with Crippen molar-refractivity contribution in [2.45, 2.75) is 163 Å². The van der Waals surface area contributed by atoms with E-state index in [2.05, 4.69) is 53.8 Å². The van der Waals surface area contributed by atoms with Crippen LogP contribution in [0, 0.1) is 11.8 Å². The van der Waals surface area contributed by atoms with Crippen LogP contribution in [0.2, 0.25) is 0 Å². The molecule has 29 heteroatoms. The van der Waals surface area contributed by atoms with Crippen LogP contribution in [0.15, 0.2) is 66.7 Å². The van der Waals surface area contributed by atoms with Crippen molar-refractivity contribution in [3.8, 4) is 32.6 Å². The van der Waals surface area contributed by atoms with Gasteiger partial charge < -0.3 is 98.0 Å². The number of hydrogen-bond acceptors (Lipinski definition) is 22. The highest BCUT2D eigenvalue weighted by atomic mass is 32.1. The second-order valence-electron chi connectivity index (χ2n) is 25.1. The molecule has 9 rings (SSSR count). The van der Waals surface area contributed by atoms with Gasteiger partial charge in [0.2, 0.25) is 35.4 Å². The number of amides is 7. The van der Waals surface area contributed by atoms with Crippen molar-refractivity contribution in [2.75, 3.05) is 64.4 Å². The Bertz CT molecular complexity index is 3260. The van der Waals surface area contributed by atoms with Gasteiger partial charge in [-0.05, 0) is 106 Å². The molecule has 5 fully saturated rings. The number of β-amino-alcohol motifs (C(OH)–C–C–N with tert-alkyl or cyclic N) is 1. The molecule has 506 valence electrons. The number of aromatic hydroxyl groups is 1. The first kappa shape index (κ1) is 69.9. The Hall–Kier alpha value is -7.45. The number of methoxy groups -OCH3 is 1. The minimum absolute atomic E-state index is 0.00422. The maximum atomic E-state index is 14.7. The molecule has 16 N–H and O–H groups in total. The fraction of sp³-hybridized carbons (Fsp3) is 0.578. The van der Waals surface area contributed by atoms with Gasteiger partial charge in [0.25, 0.3) is 5.91 Å². The Morgan fingerprint density at radius 2 is 1.39 bits per heavy atom. The lowest BCUT2D eigenvalue weighted by molar-refractivity contribution is -0.147. The summed E-state index contributed by atoms with van der Waals surface area (Å²) in [4.78, 5) is 106. The number of nitrogens with zero attached hydrogens (tertiary/aromatic N) is 5. The van der Waals surface area contributed by atoms with E-state index in [1.807, 2.05) is 19.2 Å². The van der Waals surface area contributed by atoms with Gasteiger partial charge in [-0.2, -0.15) is 0 Å². The third-order valence-electron chi connectivity index (χ3n) is 18.7. The smallest absolute Gasteiger partial charge is 0.251 e. The number of nitrogens with two attached hydrogens (primary N) is 2. The minimum Gasteiger partial charge on any atom is -0.504 e. The van der Waals surface area contributed by atoms with Crippen LogP contribution in [-0.4, -0.2) is 235 Å². The van der Waals surface area contributed by atoms with E-state index in [1.165, 1.54) is 80.7 Å². The monoisotopic (exact) mass is 1310 g/mol. The zero-order valence-corrected chi connectivity index (χ0v) is 53.3. The van der Waals surface area contributed by atoms with Crippen LogP contribution in [0.1, 0.15) is 94.0 Å². The van der Waals surface area contributed by atoms with Gasteiger partial charge in [0.1, 0.15) is 52.9 Å². The standard InChI is InChI=1S/C64H88N12O16S/c1-34-32-76-53(54(34)83)59(88)67-31-42(78)29-44(68-55(84)37-10-12-38(13-11-37)60-72-73-61(93-60)39-14-16-41(17-15-39)74-24-20-64(91-3,21-25-74)40-7-5-4-6-8-40)56(85)69-50(35(2)77)62(89)75-33-43(79)30-45(75)57(86)70-51(58(87)71-52(63(76)90)47(81)19-22-65)48(82)27-36-9-18-46(80)49(28-36)92-26-23-66/h9-18,28,34-35,40,42-45,47-48,50-54,77-83H,4-8,19-27,29-33,65-66H2,1-3H3,(H,67,88)(H,68,84)(H,69,85)(H,70,86)(H,71,87)/t34-,35+,42+,43+,44?,45-,47+,48+,50-,51-,52-,53-,54-/m0/s1. The number of phenolic OH excluding ortho intramolecular Hbond substituents is 1. The van der Waals surface area contributed by atoms with Gasteiger partial charge in [0.05, 0.1) is 42.2 Å². The Kier molecular flexibility index (Phi) is 23.4. The predicted molar refractivity (Wildman–Crippen MR) is 340 cm³/mol. The molecule has 93 heavy (non-hydrogen) atoms. The molecule has 0 radical (unpaired) electrons. The van der Waals surface area contributed by atoms with Crippen LogP contribution in [-0.2, 0) is 39.9 Å². The van der Waals surface area contributed by atoms with E-state index in [4.69, 9.17) is 20.9 Å². The molecule has 1 aliphatic carbocycles. The summed E-state index contributed by atoms with van der Waals surface area (Å²) < 4.78 is 11.8. The van der Waals surface area contributed by atoms with Crippen LogP contribution >= 0.6 is 11.3 Å². The Morgan fingerprint density at radius 3 is 2.02 bits per heavy atom. The molecule has 0 bridgehead atoms. The largest absolute Gasteiger partial charge is 0.504 e. The number of piperidine rings is 1. The summed E-state index contributed by atoms with van der Waals surface area (Å²) in [5.41, 5.74) is 14.2. The molecule has 5 heterocycles. The summed E-state index contributed by atoms with van der Waals surface area (Å²) in [5.74, 6) is -8.03. The number of carbonyl (C=O) groups excluding carboxylic acids is 7. The first-order valence-electron chi connectivity index (χ1n) is 31.9. The van der Waals surface area contributed by atoms with Crippen molar-refractivity contribution in [3.05, 3.63) is 77.9 Å². The average molecular weight is 1310 g/mol. The third-order valence-corrected chi connectivity index (χ3v) is 19.7. The number of hydrogen-bond donors (Lipinski definition) is 14. The average Bonchev–Trinajstić information content (AvgIpc) is 1.79. The molecule has 3 aromatic carbocycles.